The second-order valence-corrected chi connectivity index (χ2v) is 4.75. The standard InChI is InChI=1S/C11H14ClN3/c12-4-9-5-14-11(6-13-9)15-7-8-1-2-10(15)3-8/h5-6,8,10H,1-4,7H2. The summed E-state index contributed by atoms with van der Waals surface area (Å²) in [6.07, 6.45) is 7.71. The Labute approximate surface area is 94.5 Å². The van der Waals surface area contributed by atoms with Crippen molar-refractivity contribution in [2.24, 2.45) is 5.92 Å². The summed E-state index contributed by atoms with van der Waals surface area (Å²) in [6.45, 7) is 1.17. The first-order valence-electron chi connectivity index (χ1n) is 5.50. The molecule has 0 radical (unpaired) electrons. The lowest BCUT2D eigenvalue weighted by Gasteiger charge is -2.27. The number of anilines is 1. The highest BCUT2D eigenvalue weighted by molar-refractivity contribution is 6.16. The summed E-state index contributed by atoms with van der Waals surface area (Å²) in [5.74, 6) is 2.36. The Morgan fingerprint density at radius 3 is 2.80 bits per heavy atom. The van der Waals surface area contributed by atoms with Crippen molar-refractivity contribution in [3.63, 3.8) is 0 Å². The lowest BCUT2D eigenvalue weighted by atomic mass is 10.1. The Balaban J connectivity index is 1.81. The zero-order valence-corrected chi connectivity index (χ0v) is 9.32. The van der Waals surface area contributed by atoms with Gasteiger partial charge in [0.25, 0.3) is 0 Å². The highest BCUT2D eigenvalue weighted by atomic mass is 35.5. The van der Waals surface area contributed by atoms with Gasteiger partial charge < -0.3 is 4.90 Å². The predicted molar refractivity (Wildman–Crippen MR) is 60.1 cm³/mol. The van der Waals surface area contributed by atoms with Crippen molar-refractivity contribution < 1.29 is 0 Å². The number of alkyl halides is 1. The molecule has 2 bridgehead atoms. The molecule has 80 valence electrons. The van der Waals surface area contributed by atoms with Crippen LogP contribution in [0.3, 0.4) is 0 Å². The van der Waals surface area contributed by atoms with Crippen molar-refractivity contribution in [1.82, 2.24) is 9.97 Å². The fraction of sp³-hybridized carbons (Fsp3) is 0.636. The van der Waals surface area contributed by atoms with E-state index in [0.29, 0.717) is 11.9 Å². The van der Waals surface area contributed by atoms with Gasteiger partial charge in [0.2, 0.25) is 0 Å². The van der Waals surface area contributed by atoms with Crippen LogP contribution in [0.5, 0.6) is 0 Å². The summed E-state index contributed by atoms with van der Waals surface area (Å²) in [5, 5.41) is 0. The maximum absolute atomic E-state index is 5.69. The van der Waals surface area contributed by atoms with Gasteiger partial charge >= 0.3 is 0 Å². The van der Waals surface area contributed by atoms with Gasteiger partial charge in [-0.05, 0) is 25.2 Å². The van der Waals surface area contributed by atoms with E-state index < -0.39 is 0 Å². The van der Waals surface area contributed by atoms with Gasteiger partial charge in [0.1, 0.15) is 5.82 Å². The van der Waals surface area contributed by atoms with E-state index in [-0.39, 0.29) is 0 Å². The van der Waals surface area contributed by atoms with Crippen LogP contribution in [-0.4, -0.2) is 22.6 Å². The minimum absolute atomic E-state index is 0.444. The van der Waals surface area contributed by atoms with Crippen LogP contribution >= 0.6 is 11.6 Å². The van der Waals surface area contributed by atoms with Crippen molar-refractivity contribution in [1.29, 1.82) is 0 Å². The molecule has 0 aromatic carbocycles. The maximum Gasteiger partial charge on any atom is 0.147 e. The van der Waals surface area contributed by atoms with Crippen molar-refractivity contribution in [3.05, 3.63) is 18.1 Å². The van der Waals surface area contributed by atoms with Gasteiger partial charge in [-0.2, -0.15) is 0 Å². The third-order valence-corrected chi connectivity index (χ3v) is 3.81. The molecule has 1 aromatic heterocycles. The molecule has 0 amide bonds. The van der Waals surface area contributed by atoms with Gasteiger partial charge in [0.05, 0.1) is 24.0 Å². The summed E-state index contributed by atoms with van der Waals surface area (Å²) in [7, 11) is 0. The number of hydrogen-bond acceptors (Lipinski definition) is 3. The average molecular weight is 224 g/mol. The third kappa shape index (κ3) is 1.59. The molecule has 2 unspecified atom stereocenters. The smallest absolute Gasteiger partial charge is 0.147 e. The molecular weight excluding hydrogens is 210 g/mol. The van der Waals surface area contributed by atoms with Crippen molar-refractivity contribution >= 4 is 17.4 Å². The van der Waals surface area contributed by atoms with Gasteiger partial charge in [-0.15, -0.1) is 11.6 Å². The number of piperidine rings is 1. The Kier molecular flexibility index (Phi) is 2.28. The topological polar surface area (TPSA) is 29.0 Å². The summed E-state index contributed by atoms with van der Waals surface area (Å²) in [4.78, 5) is 11.1. The van der Waals surface area contributed by atoms with Crippen LogP contribution < -0.4 is 4.90 Å². The molecule has 1 aliphatic carbocycles. The molecule has 1 aliphatic heterocycles. The fourth-order valence-corrected chi connectivity index (χ4v) is 2.91. The molecule has 0 spiro atoms. The Hall–Kier alpha value is -0.830. The van der Waals surface area contributed by atoms with E-state index in [9.17, 15) is 0 Å². The highest BCUT2D eigenvalue weighted by Gasteiger charge is 2.38. The largest absolute Gasteiger partial charge is 0.352 e. The molecule has 1 saturated heterocycles. The first-order chi connectivity index (χ1) is 7.36. The van der Waals surface area contributed by atoms with Crippen LogP contribution in [-0.2, 0) is 5.88 Å². The zero-order valence-electron chi connectivity index (χ0n) is 8.56. The van der Waals surface area contributed by atoms with E-state index in [1.165, 1.54) is 25.8 Å². The quantitative estimate of drug-likeness (QED) is 0.720. The highest BCUT2D eigenvalue weighted by Crippen LogP contribution is 2.39. The van der Waals surface area contributed by atoms with E-state index in [1.807, 2.05) is 6.20 Å². The molecule has 15 heavy (non-hydrogen) atoms. The fourth-order valence-electron chi connectivity index (χ4n) is 2.77. The minimum Gasteiger partial charge on any atom is -0.352 e. The number of fused-ring (bicyclic) bond motifs is 2. The number of hydrogen-bond donors (Lipinski definition) is 0. The van der Waals surface area contributed by atoms with E-state index in [0.717, 1.165) is 17.4 Å². The summed E-state index contributed by atoms with van der Waals surface area (Å²) >= 11 is 5.69. The van der Waals surface area contributed by atoms with Crippen LogP contribution in [0, 0.1) is 5.92 Å². The molecule has 3 nitrogen and oxygen atoms in total. The zero-order chi connectivity index (χ0) is 10.3. The SMILES string of the molecule is ClCc1cnc(N2CC3CCC2C3)cn1. The molecule has 1 aromatic rings. The molecule has 2 aliphatic rings. The van der Waals surface area contributed by atoms with Gasteiger partial charge in [0, 0.05) is 12.6 Å². The number of aromatic nitrogens is 2. The lowest BCUT2D eigenvalue weighted by Crippen LogP contribution is -2.32. The number of rotatable bonds is 2. The van der Waals surface area contributed by atoms with Crippen LogP contribution in [0.2, 0.25) is 0 Å². The predicted octanol–water partition coefficient (Wildman–Crippen LogP) is 2.20. The van der Waals surface area contributed by atoms with E-state index >= 15 is 0 Å². The average Bonchev–Trinajstić information content (AvgIpc) is 2.91. The van der Waals surface area contributed by atoms with Gasteiger partial charge in [-0.3, -0.25) is 4.98 Å². The summed E-state index contributed by atoms with van der Waals surface area (Å²) in [6, 6.07) is 0.714. The maximum atomic E-state index is 5.69. The van der Waals surface area contributed by atoms with Crippen LogP contribution in [0.1, 0.15) is 25.0 Å². The molecule has 2 atom stereocenters. The number of halogens is 1. The Morgan fingerprint density at radius 2 is 2.27 bits per heavy atom. The van der Waals surface area contributed by atoms with Gasteiger partial charge in [-0.25, -0.2) is 4.98 Å². The van der Waals surface area contributed by atoms with Crippen molar-refractivity contribution in [3.8, 4) is 0 Å². The van der Waals surface area contributed by atoms with Crippen LogP contribution in [0.15, 0.2) is 12.4 Å². The van der Waals surface area contributed by atoms with Crippen LogP contribution in [0.25, 0.3) is 0 Å². The molecule has 2 heterocycles. The third-order valence-electron chi connectivity index (χ3n) is 3.53. The molecule has 0 N–H and O–H groups in total. The molecular formula is C11H14ClN3. The Bertz CT molecular complexity index is 351. The lowest BCUT2D eigenvalue weighted by molar-refractivity contribution is 0.550. The van der Waals surface area contributed by atoms with Gasteiger partial charge in [-0.1, -0.05) is 0 Å². The minimum atomic E-state index is 0.444. The Morgan fingerprint density at radius 1 is 1.33 bits per heavy atom. The van der Waals surface area contributed by atoms with Crippen molar-refractivity contribution in [2.75, 3.05) is 11.4 Å². The monoisotopic (exact) mass is 223 g/mol. The normalized spacial score (nSPS) is 28.7. The van der Waals surface area contributed by atoms with Gasteiger partial charge in [0.15, 0.2) is 0 Å². The second-order valence-electron chi connectivity index (χ2n) is 4.48. The molecule has 2 fully saturated rings. The number of nitrogens with zero attached hydrogens (tertiary/aromatic N) is 3. The summed E-state index contributed by atoms with van der Waals surface area (Å²) in [5.41, 5.74) is 0.852. The molecule has 3 rings (SSSR count). The molecule has 1 saturated carbocycles. The molecule has 4 heteroatoms. The van der Waals surface area contributed by atoms with E-state index in [2.05, 4.69) is 14.9 Å². The first kappa shape index (κ1) is 9.40. The van der Waals surface area contributed by atoms with E-state index in [1.54, 1.807) is 6.20 Å². The summed E-state index contributed by atoms with van der Waals surface area (Å²) < 4.78 is 0. The second kappa shape index (κ2) is 3.63. The van der Waals surface area contributed by atoms with Crippen molar-refractivity contribution in [2.45, 2.75) is 31.2 Å². The van der Waals surface area contributed by atoms with Crippen LogP contribution in [0.4, 0.5) is 5.82 Å². The van der Waals surface area contributed by atoms with E-state index in [4.69, 9.17) is 11.6 Å². The first-order valence-corrected chi connectivity index (χ1v) is 6.04.